The molecule has 0 spiro atoms. The van der Waals surface area contributed by atoms with E-state index in [1.807, 2.05) is 6.08 Å². The van der Waals surface area contributed by atoms with Crippen molar-refractivity contribution in [2.45, 2.75) is 12.5 Å². The van der Waals surface area contributed by atoms with Crippen LogP contribution in [0, 0.1) is 3.57 Å². The van der Waals surface area contributed by atoms with E-state index in [1.165, 1.54) is 9.13 Å². The molecule has 1 atom stereocenters. The van der Waals surface area contributed by atoms with Gasteiger partial charge < -0.3 is 5.73 Å². The topological polar surface area (TPSA) is 26.0 Å². The molecule has 0 radical (unpaired) electrons. The summed E-state index contributed by atoms with van der Waals surface area (Å²) in [5.41, 5.74) is 7.06. The highest BCUT2D eigenvalue weighted by Gasteiger charge is 2.01. The standard InChI is InChI=1S/C10H12IN/c1-2-3-10(12)8-4-6-9(11)7-5-8/h2,4-7,10H,1,3,12H2/t10-/m0/s1. The zero-order valence-electron chi connectivity index (χ0n) is 6.83. The molecule has 0 saturated heterocycles. The number of rotatable bonds is 3. The largest absolute Gasteiger partial charge is 0.324 e. The Hall–Kier alpha value is -0.350. The Balaban J connectivity index is 2.74. The fourth-order valence-electron chi connectivity index (χ4n) is 1.03. The molecule has 1 aromatic rings. The average Bonchev–Trinajstić information content (AvgIpc) is 2.06. The molecule has 0 heterocycles. The lowest BCUT2D eigenvalue weighted by Crippen LogP contribution is -2.08. The Kier molecular flexibility index (Phi) is 3.75. The van der Waals surface area contributed by atoms with Crippen molar-refractivity contribution in [2.75, 3.05) is 0 Å². The van der Waals surface area contributed by atoms with Crippen LogP contribution in [0.1, 0.15) is 18.0 Å². The van der Waals surface area contributed by atoms with Gasteiger partial charge in [0.2, 0.25) is 0 Å². The number of nitrogens with two attached hydrogens (primary N) is 1. The van der Waals surface area contributed by atoms with Crippen LogP contribution in [0.2, 0.25) is 0 Å². The van der Waals surface area contributed by atoms with Crippen molar-refractivity contribution in [1.82, 2.24) is 0 Å². The highest BCUT2D eigenvalue weighted by atomic mass is 127. The van der Waals surface area contributed by atoms with Crippen molar-refractivity contribution < 1.29 is 0 Å². The van der Waals surface area contributed by atoms with E-state index >= 15 is 0 Å². The minimum absolute atomic E-state index is 0.0968. The number of benzene rings is 1. The van der Waals surface area contributed by atoms with Gasteiger partial charge in [-0.3, -0.25) is 0 Å². The lowest BCUT2D eigenvalue weighted by Gasteiger charge is -2.08. The van der Waals surface area contributed by atoms with Gasteiger partial charge in [-0.05, 0) is 46.7 Å². The van der Waals surface area contributed by atoms with Gasteiger partial charge in [-0.25, -0.2) is 0 Å². The summed E-state index contributed by atoms with van der Waals surface area (Å²) in [4.78, 5) is 0. The Bertz CT molecular complexity index is 253. The zero-order chi connectivity index (χ0) is 8.97. The van der Waals surface area contributed by atoms with Crippen molar-refractivity contribution in [2.24, 2.45) is 5.73 Å². The van der Waals surface area contributed by atoms with Crippen LogP contribution in [-0.4, -0.2) is 0 Å². The van der Waals surface area contributed by atoms with Crippen LogP contribution < -0.4 is 5.73 Å². The third kappa shape index (κ3) is 2.60. The van der Waals surface area contributed by atoms with Crippen LogP contribution in [0.5, 0.6) is 0 Å². The van der Waals surface area contributed by atoms with E-state index in [9.17, 15) is 0 Å². The first-order valence-corrected chi connectivity index (χ1v) is 4.94. The molecule has 0 aliphatic rings. The third-order valence-corrected chi connectivity index (χ3v) is 2.44. The van der Waals surface area contributed by atoms with Gasteiger partial charge in [0.1, 0.15) is 0 Å². The second-order valence-electron chi connectivity index (χ2n) is 2.68. The van der Waals surface area contributed by atoms with E-state index in [1.54, 1.807) is 0 Å². The van der Waals surface area contributed by atoms with E-state index in [4.69, 9.17) is 5.73 Å². The van der Waals surface area contributed by atoms with Crippen LogP contribution in [0.15, 0.2) is 36.9 Å². The minimum Gasteiger partial charge on any atom is -0.324 e. The summed E-state index contributed by atoms with van der Waals surface area (Å²) < 4.78 is 1.24. The van der Waals surface area contributed by atoms with Gasteiger partial charge in [-0.1, -0.05) is 18.2 Å². The maximum Gasteiger partial charge on any atom is 0.0329 e. The predicted molar refractivity (Wildman–Crippen MR) is 60.9 cm³/mol. The molecular weight excluding hydrogens is 261 g/mol. The number of hydrogen-bond donors (Lipinski definition) is 1. The summed E-state index contributed by atoms with van der Waals surface area (Å²) in [6.07, 6.45) is 2.68. The second kappa shape index (κ2) is 4.62. The summed E-state index contributed by atoms with van der Waals surface area (Å²) in [6.45, 7) is 3.66. The minimum atomic E-state index is 0.0968. The van der Waals surface area contributed by atoms with Crippen LogP contribution in [-0.2, 0) is 0 Å². The van der Waals surface area contributed by atoms with Crippen molar-refractivity contribution in [3.63, 3.8) is 0 Å². The van der Waals surface area contributed by atoms with E-state index in [0.29, 0.717) is 0 Å². The third-order valence-electron chi connectivity index (χ3n) is 1.72. The summed E-state index contributed by atoms with van der Waals surface area (Å²) in [6, 6.07) is 8.36. The molecule has 0 aliphatic heterocycles. The fourth-order valence-corrected chi connectivity index (χ4v) is 1.39. The van der Waals surface area contributed by atoms with Crippen LogP contribution >= 0.6 is 22.6 Å². The quantitative estimate of drug-likeness (QED) is 0.665. The van der Waals surface area contributed by atoms with Crippen molar-refractivity contribution in [1.29, 1.82) is 0 Å². The molecule has 1 nitrogen and oxygen atoms in total. The lowest BCUT2D eigenvalue weighted by molar-refractivity contribution is 0.741. The van der Waals surface area contributed by atoms with E-state index < -0.39 is 0 Å². The van der Waals surface area contributed by atoms with E-state index in [-0.39, 0.29) is 6.04 Å². The first-order valence-electron chi connectivity index (χ1n) is 3.86. The molecule has 0 fully saturated rings. The van der Waals surface area contributed by atoms with Gasteiger partial charge in [-0.2, -0.15) is 0 Å². The molecule has 1 rings (SSSR count). The Morgan fingerprint density at radius 1 is 1.42 bits per heavy atom. The Labute approximate surface area is 86.8 Å². The van der Waals surface area contributed by atoms with Gasteiger partial charge in [0.05, 0.1) is 0 Å². The average molecular weight is 273 g/mol. The summed E-state index contributed by atoms with van der Waals surface area (Å²) in [5.74, 6) is 0. The molecule has 0 unspecified atom stereocenters. The maximum atomic E-state index is 5.88. The van der Waals surface area contributed by atoms with Gasteiger partial charge in [-0.15, -0.1) is 6.58 Å². The molecule has 0 saturated carbocycles. The molecular formula is C10H12IN. The molecule has 0 aromatic heterocycles. The molecule has 12 heavy (non-hydrogen) atoms. The van der Waals surface area contributed by atoms with Crippen LogP contribution in [0.4, 0.5) is 0 Å². The summed E-state index contributed by atoms with van der Waals surface area (Å²) >= 11 is 2.28. The highest BCUT2D eigenvalue weighted by molar-refractivity contribution is 14.1. The van der Waals surface area contributed by atoms with Crippen molar-refractivity contribution in [3.05, 3.63) is 46.1 Å². The molecule has 2 N–H and O–H groups in total. The number of halogens is 1. The highest BCUT2D eigenvalue weighted by Crippen LogP contribution is 2.15. The molecule has 2 heteroatoms. The predicted octanol–water partition coefficient (Wildman–Crippen LogP) is 2.87. The SMILES string of the molecule is C=CC[C@H](N)c1ccc(I)cc1. The first kappa shape index (κ1) is 9.74. The fraction of sp³-hybridized carbons (Fsp3) is 0.200. The summed E-state index contributed by atoms with van der Waals surface area (Å²) in [7, 11) is 0. The van der Waals surface area contributed by atoms with Crippen molar-refractivity contribution in [3.8, 4) is 0 Å². The second-order valence-corrected chi connectivity index (χ2v) is 3.93. The zero-order valence-corrected chi connectivity index (χ0v) is 8.99. The van der Waals surface area contributed by atoms with Gasteiger partial charge >= 0.3 is 0 Å². The van der Waals surface area contributed by atoms with Gasteiger partial charge in [0.15, 0.2) is 0 Å². The van der Waals surface area contributed by atoms with Crippen LogP contribution in [0.3, 0.4) is 0 Å². The van der Waals surface area contributed by atoms with E-state index in [2.05, 4.69) is 53.4 Å². The Morgan fingerprint density at radius 2 is 2.00 bits per heavy atom. The molecule has 1 aromatic carbocycles. The van der Waals surface area contributed by atoms with Gasteiger partial charge in [0.25, 0.3) is 0 Å². The van der Waals surface area contributed by atoms with Gasteiger partial charge in [0, 0.05) is 9.61 Å². The monoisotopic (exact) mass is 273 g/mol. The smallest absolute Gasteiger partial charge is 0.0329 e. The van der Waals surface area contributed by atoms with E-state index in [0.717, 1.165) is 6.42 Å². The molecule has 0 aliphatic carbocycles. The van der Waals surface area contributed by atoms with Crippen molar-refractivity contribution >= 4 is 22.6 Å². The first-order chi connectivity index (χ1) is 5.74. The molecule has 0 amide bonds. The summed E-state index contributed by atoms with van der Waals surface area (Å²) in [5, 5.41) is 0. The maximum absolute atomic E-state index is 5.88. The van der Waals surface area contributed by atoms with Crippen LogP contribution in [0.25, 0.3) is 0 Å². The Morgan fingerprint density at radius 3 is 2.50 bits per heavy atom. The molecule has 64 valence electrons. The lowest BCUT2D eigenvalue weighted by atomic mass is 10.1. The number of hydrogen-bond acceptors (Lipinski definition) is 1. The normalized spacial score (nSPS) is 12.5. The molecule has 0 bridgehead atoms.